The van der Waals surface area contributed by atoms with Crippen LogP contribution in [0.25, 0.3) is 0 Å². The van der Waals surface area contributed by atoms with Crippen LogP contribution in [-0.2, 0) is 16.1 Å². The van der Waals surface area contributed by atoms with Crippen LogP contribution in [0.3, 0.4) is 0 Å². The zero-order valence-corrected chi connectivity index (χ0v) is 13.2. The average Bonchev–Trinajstić information content (AvgIpc) is 2.87. The Morgan fingerprint density at radius 2 is 2.00 bits per heavy atom. The van der Waals surface area contributed by atoms with Gasteiger partial charge in [-0.3, -0.25) is 0 Å². The van der Waals surface area contributed by atoms with E-state index in [1.54, 1.807) is 4.90 Å². The number of likely N-dealkylation sites (tertiary alicyclic amines) is 1. The molecule has 1 aliphatic heterocycles. The number of benzene rings is 1. The second kappa shape index (κ2) is 6.94. The molecule has 1 aromatic carbocycles. The van der Waals surface area contributed by atoms with Crippen molar-refractivity contribution in [2.45, 2.75) is 39.4 Å². The molecule has 0 unspecified atom stereocenters. The summed E-state index contributed by atoms with van der Waals surface area (Å²) >= 11 is 0. The molecule has 0 spiro atoms. The lowest BCUT2D eigenvalue weighted by Crippen LogP contribution is -2.35. The molecular formula is C17H25NO3. The minimum Gasteiger partial charge on any atom is -0.444 e. The number of rotatable bonds is 4. The standard InChI is InChI=1S/C17H25NO3/c1-17(2,3)21-16(19)18-10-9-15(11-18)13-20-12-14-7-5-4-6-8-14/h4-8,15H,9-13H2,1-3H3/t15-/m1/s1. The number of nitrogens with zero attached hydrogens (tertiary/aromatic N) is 1. The highest BCUT2D eigenvalue weighted by Crippen LogP contribution is 2.20. The highest BCUT2D eigenvalue weighted by molar-refractivity contribution is 5.68. The summed E-state index contributed by atoms with van der Waals surface area (Å²) in [4.78, 5) is 13.7. The zero-order valence-electron chi connectivity index (χ0n) is 13.2. The van der Waals surface area contributed by atoms with E-state index >= 15 is 0 Å². The zero-order chi connectivity index (χ0) is 15.3. The maximum Gasteiger partial charge on any atom is 0.410 e. The normalized spacial score (nSPS) is 18.8. The highest BCUT2D eigenvalue weighted by atomic mass is 16.6. The minimum atomic E-state index is -0.432. The van der Waals surface area contributed by atoms with Gasteiger partial charge in [0.1, 0.15) is 5.60 Å². The summed E-state index contributed by atoms with van der Waals surface area (Å²) in [7, 11) is 0. The van der Waals surface area contributed by atoms with Crippen LogP contribution in [-0.4, -0.2) is 36.3 Å². The van der Waals surface area contributed by atoms with E-state index in [-0.39, 0.29) is 6.09 Å². The summed E-state index contributed by atoms with van der Waals surface area (Å²) in [6.45, 7) is 8.47. The van der Waals surface area contributed by atoms with Crippen LogP contribution < -0.4 is 0 Å². The molecule has 21 heavy (non-hydrogen) atoms. The average molecular weight is 291 g/mol. The lowest BCUT2D eigenvalue weighted by atomic mass is 10.1. The van der Waals surface area contributed by atoms with E-state index in [1.165, 1.54) is 5.56 Å². The first-order valence-corrected chi connectivity index (χ1v) is 7.53. The number of carbonyl (C=O) groups is 1. The maximum absolute atomic E-state index is 12.0. The molecule has 1 amide bonds. The highest BCUT2D eigenvalue weighted by Gasteiger charge is 2.29. The molecule has 2 rings (SSSR count). The Labute approximate surface area is 127 Å². The summed E-state index contributed by atoms with van der Waals surface area (Å²) in [5.74, 6) is 0.404. The quantitative estimate of drug-likeness (QED) is 0.852. The van der Waals surface area contributed by atoms with E-state index < -0.39 is 5.60 Å². The van der Waals surface area contributed by atoms with E-state index in [1.807, 2.05) is 39.0 Å². The largest absolute Gasteiger partial charge is 0.444 e. The monoisotopic (exact) mass is 291 g/mol. The maximum atomic E-state index is 12.0. The third-order valence-electron chi connectivity index (χ3n) is 3.40. The molecule has 4 heteroatoms. The number of hydrogen-bond acceptors (Lipinski definition) is 3. The molecule has 0 aromatic heterocycles. The van der Waals surface area contributed by atoms with Gasteiger partial charge in [-0.25, -0.2) is 4.79 Å². The fourth-order valence-electron chi connectivity index (χ4n) is 2.38. The molecule has 116 valence electrons. The number of hydrogen-bond donors (Lipinski definition) is 0. The molecule has 1 heterocycles. The SMILES string of the molecule is CC(C)(C)OC(=O)N1CC[C@@H](COCc2ccccc2)C1. The van der Waals surface area contributed by atoms with Gasteiger partial charge in [0, 0.05) is 19.0 Å². The summed E-state index contributed by atoms with van der Waals surface area (Å²) in [6.07, 6.45) is 0.765. The van der Waals surface area contributed by atoms with Crippen molar-refractivity contribution < 1.29 is 14.3 Å². The Balaban J connectivity index is 1.69. The number of ether oxygens (including phenoxy) is 2. The third kappa shape index (κ3) is 5.38. The van der Waals surface area contributed by atoms with Gasteiger partial charge in [0.2, 0.25) is 0 Å². The molecule has 4 nitrogen and oxygen atoms in total. The Bertz CT molecular complexity index is 453. The molecule has 0 N–H and O–H groups in total. The summed E-state index contributed by atoms with van der Waals surface area (Å²) in [5, 5.41) is 0. The van der Waals surface area contributed by atoms with E-state index in [0.29, 0.717) is 19.1 Å². The lowest BCUT2D eigenvalue weighted by Gasteiger charge is -2.24. The minimum absolute atomic E-state index is 0.215. The molecule has 1 saturated heterocycles. The van der Waals surface area contributed by atoms with Crippen molar-refractivity contribution in [3.05, 3.63) is 35.9 Å². The molecule has 0 aliphatic carbocycles. The topological polar surface area (TPSA) is 38.8 Å². The predicted molar refractivity (Wildman–Crippen MR) is 82.0 cm³/mol. The molecular weight excluding hydrogens is 266 g/mol. The van der Waals surface area contributed by atoms with E-state index in [4.69, 9.17) is 9.47 Å². The van der Waals surface area contributed by atoms with Crippen LogP contribution in [0.15, 0.2) is 30.3 Å². The van der Waals surface area contributed by atoms with Gasteiger partial charge in [-0.2, -0.15) is 0 Å². The van der Waals surface area contributed by atoms with Gasteiger partial charge < -0.3 is 14.4 Å². The predicted octanol–water partition coefficient (Wildman–Crippen LogP) is 3.46. The van der Waals surface area contributed by atoms with E-state index in [0.717, 1.165) is 19.5 Å². The van der Waals surface area contributed by atoms with E-state index in [2.05, 4.69) is 12.1 Å². The first-order chi connectivity index (χ1) is 9.94. The van der Waals surface area contributed by atoms with Crippen LogP contribution >= 0.6 is 0 Å². The van der Waals surface area contributed by atoms with E-state index in [9.17, 15) is 4.79 Å². The first-order valence-electron chi connectivity index (χ1n) is 7.53. The molecule has 1 aliphatic rings. The van der Waals surface area contributed by atoms with Gasteiger partial charge in [0.25, 0.3) is 0 Å². The van der Waals surface area contributed by atoms with Crippen molar-refractivity contribution in [3.63, 3.8) is 0 Å². The molecule has 1 fully saturated rings. The summed E-state index contributed by atoms with van der Waals surface area (Å²) < 4.78 is 11.1. The fraction of sp³-hybridized carbons (Fsp3) is 0.588. The van der Waals surface area contributed by atoms with Crippen LogP contribution in [0.4, 0.5) is 4.79 Å². The molecule has 0 bridgehead atoms. The van der Waals surface area contributed by atoms with Crippen molar-refractivity contribution in [2.75, 3.05) is 19.7 Å². The van der Waals surface area contributed by atoms with Crippen molar-refractivity contribution >= 4 is 6.09 Å². The summed E-state index contributed by atoms with van der Waals surface area (Å²) in [6, 6.07) is 10.1. The molecule has 1 atom stereocenters. The van der Waals surface area contributed by atoms with Crippen LogP contribution in [0.1, 0.15) is 32.8 Å². The number of carbonyl (C=O) groups excluding carboxylic acids is 1. The van der Waals surface area contributed by atoms with Gasteiger partial charge in [-0.05, 0) is 32.8 Å². The molecule has 0 radical (unpaired) electrons. The summed E-state index contributed by atoms with van der Waals surface area (Å²) in [5.41, 5.74) is 0.749. The molecule has 1 aromatic rings. The second-order valence-corrected chi connectivity index (χ2v) is 6.58. The van der Waals surface area contributed by atoms with Gasteiger partial charge in [-0.1, -0.05) is 30.3 Å². The van der Waals surface area contributed by atoms with Gasteiger partial charge in [0.05, 0.1) is 13.2 Å². The Morgan fingerprint density at radius 1 is 1.29 bits per heavy atom. The van der Waals surface area contributed by atoms with Gasteiger partial charge in [-0.15, -0.1) is 0 Å². The molecule has 0 saturated carbocycles. The Morgan fingerprint density at radius 3 is 2.67 bits per heavy atom. The Kier molecular flexibility index (Phi) is 5.23. The number of amides is 1. The Hall–Kier alpha value is -1.55. The fourth-order valence-corrected chi connectivity index (χ4v) is 2.38. The van der Waals surface area contributed by atoms with Gasteiger partial charge in [0.15, 0.2) is 0 Å². The van der Waals surface area contributed by atoms with Crippen LogP contribution in [0.2, 0.25) is 0 Å². The van der Waals surface area contributed by atoms with Crippen LogP contribution in [0.5, 0.6) is 0 Å². The first kappa shape index (κ1) is 15.8. The van der Waals surface area contributed by atoms with Crippen molar-refractivity contribution in [2.24, 2.45) is 5.92 Å². The lowest BCUT2D eigenvalue weighted by molar-refractivity contribution is 0.0271. The second-order valence-electron chi connectivity index (χ2n) is 6.58. The van der Waals surface area contributed by atoms with Crippen molar-refractivity contribution in [1.29, 1.82) is 0 Å². The third-order valence-corrected chi connectivity index (χ3v) is 3.40. The smallest absolute Gasteiger partial charge is 0.410 e. The van der Waals surface area contributed by atoms with Crippen molar-refractivity contribution in [1.82, 2.24) is 4.90 Å². The van der Waals surface area contributed by atoms with Gasteiger partial charge >= 0.3 is 6.09 Å². The van der Waals surface area contributed by atoms with Crippen LogP contribution in [0, 0.1) is 5.92 Å². The van der Waals surface area contributed by atoms with Crippen molar-refractivity contribution in [3.8, 4) is 0 Å².